The first kappa shape index (κ1) is 19.5. The van der Waals surface area contributed by atoms with Crippen LogP contribution in [0.4, 0.5) is 5.69 Å². The van der Waals surface area contributed by atoms with Crippen LogP contribution in [0, 0.1) is 0 Å². The quantitative estimate of drug-likeness (QED) is 0.393. The van der Waals surface area contributed by atoms with E-state index in [2.05, 4.69) is 42.7 Å². The van der Waals surface area contributed by atoms with Crippen LogP contribution >= 0.6 is 23.2 Å². The molecular weight excluding hydrogens is 381 g/mol. The molecule has 2 aromatic rings. The maximum Gasteiger partial charge on any atom is 0.119 e. The van der Waals surface area contributed by atoms with Crippen molar-refractivity contribution in [2.75, 3.05) is 24.8 Å². The highest BCUT2D eigenvalue weighted by molar-refractivity contribution is 6.76. The third-order valence-corrected chi connectivity index (χ3v) is 6.62. The lowest BCUT2D eigenvalue weighted by atomic mass is 10.0. The average Bonchev–Trinajstić information content (AvgIpc) is 2.88. The lowest BCUT2D eigenvalue weighted by molar-refractivity contribution is 0.149. The van der Waals surface area contributed by atoms with Gasteiger partial charge in [0.15, 0.2) is 0 Å². The van der Waals surface area contributed by atoms with Crippen LogP contribution in [0.3, 0.4) is 0 Å². The molecule has 0 atom stereocenters. The third-order valence-electron chi connectivity index (χ3n) is 4.44. The zero-order chi connectivity index (χ0) is 18.7. The highest BCUT2D eigenvalue weighted by atomic mass is 35.5. The van der Waals surface area contributed by atoms with Gasteiger partial charge in [-0.05, 0) is 47.5 Å². The Labute approximate surface area is 167 Å². The van der Waals surface area contributed by atoms with E-state index < -0.39 is 8.07 Å². The van der Waals surface area contributed by atoms with Crippen molar-refractivity contribution >= 4 is 48.6 Å². The molecule has 0 saturated carbocycles. The fourth-order valence-corrected chi connectivity index (χ4v) is 4.12. The molecule has 0 saturated heterocycles. The van der Waals surface area contributed by atoms with Gasteiger partial charge in [0.2, 0.25) is 0 Å². The van der Waals surface area contributed by atoms with E-state index in [0.717, 1.165) is 34.4 Å². The molecule has 138 valence electrons. The van der Waals surface area contributed by atoms with Crippen molar-refractivity contribution in [1.82, 2.24) is 0 Å². The van der Waals surface area contributed by atoms with Crippen LogP contribution in [0.2, 0.25) is 35.7 Å². The Balaban J connectivity index is 1.78. The van der Waals surface area contributed by atoms with Crippen molar-refractivity contribution in [3.63, 3.8) is 0 Å². The zero-order valence-electron chi connectivity index (χ0n) is 15.6. The molecule has 0 spiro atoms. The standard InChI is InChI=1S/C21H25Cl2NOSi/c1-26(2,3)10-9-25-15-24-14-17(11-16-5-4-6-18(22)12-16)20-8-7-19(23)13-21(20)24/h4-8,11-13H,9-10,14-15H2,1-3H3. The van der Waals surface area contributed by atoms with Gasteiger partial charge in [-0.15, -0.1) is 0 Å². The zero-order valence-corrected chi connectivity index (χ0v) is 18.1. The van der Waals surface area contributed by atoms with Crippen LogP contribution in [0.15, 0.2) is 42.5 Å². The van der Waals surface area contributed by atoms with Crippen LogP contribution in [-0.4, -0.2) is 28.0 Å². The molecule has 0 aliphatic carbocycles. The number of halogens is 2. The van der Waals surface area contributed by atoms with Gasteiger partial charge in [-0.3, -0.25) is 0 Å². The molecule has 0 bridgehead atoms. The first-order valence-corrected chi connectivity index (χ1v) is 13.4. The Bertz CT molecular complexity index is 814. The molecule has 0 N–H and O–H groups in total. The highest BCUT2D eigenvalue weighted by Crippen LogP contribution is 2.38. The van der Waals surface area contributed by atoms with E-state index >= 15 is 0 Å². The second kappa shape index (κ2) is 8.18. The lowest BCUT2D eigenvalue weighted by Gasteiger charge is -2.21. The van der Waals surface area contributed by atoms with Crippen molar-refractivity contribution in [1.29, 1.82) is 0 Å². The van der Waals surface area contributed by atoms with Gasteiger partial charge in [-0.25, -0.2) is 0 Å². The third kappa shape index (κ3) is 5.14. The molecule has 1 heterocycles. The van der Waals surface area contributed by atoms with Crippen LogP contribution < -0.4 is 4.90 Å². The molecule has 2 nitrogen and oxygen atoms in total. The number of benzene rings is 2. The fourth-order valence-electron chi connectivity index (χ4n) is 3.00. The SMILES string of the molecule is C[Si](C)(C)CCOCN1CC(=Cc2cccc(Cl)c2)c2ccc(Cl)cc21. The van der Waals surface area contributed by atoms with Gasteiger partial charge in [0.1, 0.15) is 6.73 Å². The van der Waals surface area contributed by atoms with E-state index in [1.165, 1.54) is 17.2 Å². The van der Waals surface area contributed by atoms with E-state index in [1.54, 1.807) is 0 Å². The van der Waals surface area contributed by atoms with Crippen LogP contribution in [0.1, 0.15) is 11.1 Å². The summed E-state index contributed by atoms with van der Waals surface area (Å²) >= 11 is 12.4. The van der Waals surface area contributed by atoms with E-state index in [9.17, 15) is 0 Å². The van der Waals surface area contributed by atoms with Crippen LogP contribution in [0.5, 0.6) is 0 Å². The maximum atomic E-state index is 6.24. The van der Waals surface area contributed by atoms with Gasteiger partial charge in [-0.2, -0.15) is 0 Å². The van der Waals surface area contributed by atoms with Gasteiger partial charge in [0.05, 0.1) is 0 Å². The minimum absolute atomic E-state index is 0.588. The molecule has 3 rings (SSSR count). The Morgan fingerprint density at radius 3 is 2.58 bits per heavy atom. The predicted octanol–water partition coefficient (Wildman–Crippen LogP) is 6.67. The summed E-state index contributed by atoms with van der Waals surface area (Å²) in [4.78, 5) is 2.25. The summed E-state index contributed by atoms with van der Waals surface area (Å²) in [7, 11) is -1.07. The molecule has 0 unspecified atom stereocenters. The van der Waals surface area contributed by atoms with Gasteiger partial charge in [-0.1, -0.05) is 61.0 Å². The molecule has 0 fully saturated rings. The van der Waals surface area contributed by atoms with Gasteiger partial charge in [0.25, 0.3) is 0 Å². The monoisotopic (exact) mass is 405 g/mol. The first-order chi connectivity index (χ1) is 12.3. The summed E-state index contributed by atoms with van der Waals surface area (Å²) in [6.07, 6.45) is 2.20. The van der Waals surface area contributed by atoms with Crippen molar-refractivity contribution in [3.8, 4) is 0 Å². The number of hydrogen-bond acceptors (Lipinski definition) is 2. The molecule has 0 radical (unpaired) electrons. The summed E-state index contributed by atoms with van der Waals surface area (Å²) in [5.74, 6) is 0. The summed E-state index contributed by atoms with van der Waals surface area (Å²) < 4.78 is 5.98. The van der Waals surface area contributed by atoms with Crippen molar-refractivity contribution in [2.24, 2.45) is 0 Å². The molecule has 5 heteroatoms. The van der Waals surface area contributed by atoms with E-state index in [-0.39, 0.29) is 0 Å². The summed E-state index contributed by atoms with van der Waals surface area (Å²) in [5.41, 5.74) is 4.71. The van der Waals surface area contributed by atoms with Gasteiger partial charge in [0, 0.05) is 42.5 Å². The molecule has 0 aromatic heterocycles. The van der Waals surface area contributed by atoms with Crippen LogP contribution in [-0.2, 0) is 4.74 Å². The number of ether oxygens (including phenoxy) is 1. The second-order valence-electron chi connectivity index (χ2n) is 7.93. The smallest absolute Gasteiger partial charge is 0.119 e. The van der Waals surface area contributed by atoms with Crippen LogP contribution in [0.25, 0.3) is 11.6 Å². The minimum atomic E-state index is -1.07. The fraction of sp³-hybridized carbons (Fsp3) is 0.333. The summed E-state index contributed by atoms with van der Waals surface area (Å²) in [5, 5.41) is 1.50. The minimum Gasteiger partial charge on any atom is -0.361 e. The summed E-state index contributed by atoms with van der Waals surface area (Å²) in [6, 6.07) is 15.2. The summed E-state index contributed by atoms with van der Waals surface area (Å²) in [6.45, 7) is 9.32. The molecule has 0 amide bonds. The first-order valence-electron chi connectivity index (χ1n) is 8.91. The van der Waals surface area contributed by atoms with Gasteiger partial charge >= 0.3 is 0 Å². The Morgan fingerprint density at radius 1 is 1.08 bits per heavy atom. The Kier molecular flexibility index (Phi) is 6.13. The van der Waals surface area contributed by atoms with E-state index in [1.807, 2.05) is 30.3 Å². The molecule has 1 aliphatic heterocycles. The lowest BCUT2D eigenvalue weighted by Crippen LogP contribution is -2.27. The molecule has 1 aliphatic rings. The maximum absolute atomic E-state index is 6.24. The van der Waals surface area contributed by atoms with Crippen molar-refractivity contribution < 1.29 is 4.74 Å². The number of anilines is 1. The largest absolute Gasteiger partial charge is 0.361 e. The Hall–Kier alpha value is -1.26. The molecular formula is C21H25Cl2NOSi. The predicted molar refractivity (Wildman–Crippen MR) is 117 cm³/mol. The average molecular weight is 406 g/mol. The van der Waals surface area contributed by atoms with E-state index in [4.69, 9.17) is 27.9 Å². The number of nitrogens with zero attached hydrogens (tertiary/aromatic N) is 1. The highest BCUT2D eigenvalue weighted by Gasteiger charge is 2.24. The van der Waals surface area contributed by atoms with Crippen molar-refractivity contribution in [3.05, 3.63) is 63.6 Å². The number of hydrogen-bond donors (Lipinski definition) is 0. The van der Waals surface area contributed by atoms with Gasteiger partial charge < -0.3 is 9.64 Å². The van der Waals surface area contributed by atoms with Crippen molar-refractivity contribution in [2.45, 2.75) is 25.7 Å². The molecule has 2 aromatic carbocycles. The topological polar surface area (TPSA) is 12.5 Å². The second-order valence-corrected chi connectivity index (χ2v) is 14.4. The normalized spacial score (nSPS) is 15.6. The Morgan fingerprint density at radius 2 is 1.85 bits per heavy atom. The van der Waals surface area contributed by atoms with E-state index in [0.29, 0.717) is 6.73 Å². The number of rotatable bonds is 6. The molecule has 26 heavy (non-hydrogen) atoms. The number of fused-ring (bicyclic) bond motifs is 1.